The highest BCUT2D eigenvalue weighted by Crippen LogP contribution is 2.28. The molecule has 4 heterocycles. The molecule has 0 atom stereocenters. The Morgan fingerprint density at radius 1 is 0.727 bits per heavy atom. The molecular formula is C37H40N12O6. The highest BCUT2D eigenvalue weighted by molar-refractivity contribution is 6.05. The van der Waals surface area contributed by atoms with Gasteiger partial charge in [0.25, 0.3) is 11.8 Å². The molecule has 0 fully saturated rings. The predicted octanol–water partition coefficient (Wildman–Crippen LogP) is 3.41. The van der Waals surface area contributed by atoms with Crippen molar-refractivity contribution in [3.05, 3.63) is 94.1 Å². The van der Waals surface area contributed by atoms with Crippen molar-refractivity contribution < 1.29 is 29.1 Å². The smallest absolute Gasteiger partial charge is 0.303 e. The number of allylic oxidation sites excluding steroid dienone is 2. The fourth-order valence-corrected chi connectivity index (χ4v) is 6.40. The summed E-state index contributed by atoms with van der Waals surface area (Å²) in [5.41, 5.74) is 15.9. The number of carboxylic acid groups (broad SMARTS) is 1. The molecule has 18 heteroatoms. The molecule has 18 nitrogen and oxygen atoms in total. The lowest BCUT2D eigenvalue weighted by molar-refractivity contribution is -0.136. The number of nitrogens with one attached hydrogen (secondary N) is 2. The number of nitrogens with two attached hydrogens (primary N) is 2. The molecule has 6 rings (SSSR count). The second-order valence-electron chi connectivity index (χ2n) is 12.8. The molecular weight excluding hydrogens is 708 g/mol. The van der Waals surface area contributed by atoms with Gasteiger partial charge < -0.3 is 25.7 Å². The van der Waals surface area contributed by atoms with E-state index >= 15 is 0 Å². The van der Waals surface area contributed by atoms with E-state index in [1.54, 1.807) is 62.7 Å². The summed E-state index contributed by atoms with van der Waals surface area (Å²) < 4.78 is 6.63. The van der Waals surface area contributed by atoms with Gasteiger partial charge in [-0.1, -0.05) is 12.2 Å². The highest BCUT2D eigenvalue weighted by atomic mass is 16.4. The summed E-state index contributed by atoms with van der Waals surface area (Å²) >= 11 is 0. The third-order valence-electron chi connectivity index (χ3n) is 8.91. The number of carboxylic acids is 1. The van der Waals surface area contributed by atoms with Crippen LogP contribution in [0.1, 0.15) is 78.9 Å². The monoisotopic (exact) mass is 748 g/mol. The normalized spacial score (nSPS) is 11.5. The van der Waals surface area contributed by atoms with Crippen LogP contribution >= 0.6 is 0 Å². The predicted molar refractivity (Wildman–Crippen MR) is 203 cm³/mol. The third-order valence-corrected chi connectivity index (χ3v) is 8.91. The molecule has 0 spiro atoms. The van der Waals surface area contributed by atoms with Gasteiger partial charge in [-0.3, -0.25) is 44.0 Å². The largest absolute Gasteiger partial charge is 0.481 e. The number of hydrogen-bond donors (Lipinski definition) is 5. The third kappa shape index (κ3) is 7.82. The lowest BCUT2D eigenvalue weighted by Crippen LogP contribution is -2.20. The summed E-state index contributed by atoms with van der Waals surface area (Å²) in [5.74, 6) is -2.91. The van der Waals surface area contributed by atoms with E-state index in [1.165, 1.54) is 12.1 Å². The zero-order valence-electron chi connectivity index (χ0n) is 30.7. The lowest BCUT2D eigenvalue weighted by Gasteiger charge is -2.12. The minimum absolute atomic E-state index is 0.0609. The molecule has 284 valence electrons. The minimum Gasteiger partial charge on any atom is -0.481 e. The Morgan fingerprint density at radius 2 is 1.25 bits per heavy atom. The van der Waals surface area contributed by atoms with Crippen LogP contribution in [0, 0.1) is 13.8 Å². The number of aryl methyl sites for hydroxylation is 5. The van der Waals surface area contributed by atoms with E-state index in [4.69, 9.17) is 11.5 Å². The van der Waals surface area contributed by atoms with Crippen molar-refractivity contribution in [3.63, 3.8) is 0 Å². The number of primary amides is 2. The molecule has 7 N–H and O–H groups in total. The van der Waals surface area contributed by atoms with Crippen LogP contribution in [0.5, 0.6) is 0 Å². The quantitative estimate of drug-likeness (QED) is 0.0957. The fraction of sp³-hybridized carbons (Fsp3) is 0.270. The number of fused-ring (bicyclic) bond motifs is 2. The maximum atomic E-state index is 13.6. The van der Waals surface area contributed by atoms with Gasteiger partial charge in [-0.15, -0.1) is 0 Å². The van der Waals surface area contributed by atoms with E-state index in [0.717, 1.165) is 0 Å². The lowest BCUT2D eigenvalue weighted by atomic mass is 10.0. The standard InChI is InChI=1S/C37H40N12O6/c1-5-48-28(15-20(3)44-48)34(54)42-36-40-25-18-23(32(38)52)9-11-27(25)46(36)13-7-8-14-47-31-22(10-12-30(50)51)17-24(33(39)53)19-26(31)41-37(47)43-35(55)29-16-21(4)45-49(29)6-2/h7-9,11,15-19H,5-6,10,12-14H2,1-4H3,(H2,38,52)(H2,39,53)(H,50,51)(H,40,42,54)(H,41,43,55). The van der Waals surface area contributed by atoms with E-state index in [9.17, 15) is 29.1 Å². The van der Waals surface area contributed by atoms with Crippen molar-refractivity contribution in [2.45, 2.75) is 66.7 Å². The van der Waals surface area contributed by atoms with Crippen LogP contribution in [0.4, 0.5) is 11.9 Å². The number of anilines is 2. The Balaban J connectivity index is 1.38. The number of carbonyl (C=O) groups is 5. The van der Waals surface area contributed by atoms with Crippen molar-refractivity contribution in [1.29, 1.82) is 0 Å². The van der Waals surface area contributed by atoms with E-state index < -0.39 is 29.6 Å². The number of aromatic nitrogens is 8. The number of imidazole rings is 2. The van der Waals surface area contributed by atoms with Crippen molar-refractivity contribution in [2.24, 2.45) is 11.5 Å². The molecule has 55 heavy (non-hydrogen) atoms. The van der Waals surface area contributed by atoms with Crippen LogP contribution in [-0.2, 0) is 37.4 Å². The molecule has 0 aliphatic heterocycles. The summed E-state index contributed by atoms with van der Waals surface area (Å²) in [4.78, 5) is 72.1. The van der Waals surface area contributed by atoms with Gasteiger partial charge in [0.2, 0.25) is 23.7 Å². The highest BCUT2D eigenvalue weighted by Gasteiger charge is 2.22. The number of benzene rings is 2. The van der Waals surface area contributed by atoms with Crippen molar-refractivity contribution in [3.8, 4) is 0 Å². The number of nitrogens with zero attached hydrogens (tertiary/aromatic N) is 8. The SMILES string of the molecule is CCn1nc(C)cc1C(=O)Nc1nc2cc(C(N)=O)ccc2n1CC=CCn1c(NC(=O)c2cc(C)nn2CC)nc2cc(C(N)=O)cc(CCC(=O)O)c21. The number of aliphatic carboxylic acids is 1. The van der Waals surface area contributed by atoms with Gasteiger partial charge >= 0.3 is 5.97 Å². The second-order valence-corrected chi connectivity index (χ2v) is 12.8. The average Bonchev–Trinajstić information content (AvgIpc) is 3.90. The molecule has 2 aromatic carbocycles. The van der Waals surface area contributed by atoms with Crippen molar-refractivity contribution in [1.82, 2.24) is 38.7 Å². The van der Waals surface area contributed by atoms with Crippen LogP contribution in [0.3, 0.4) is 0 Å². The summed E-state index contributed by atoms with van der Waals surface area (Å²) in [6.45, 7) is 8.59. The van der Waals surface area contributed by atoms with E-state index in [2.05, 4.69) is 30.8 Å². The van der Waals surface area contributed by atoms with Crippen LogP contribution in [-0.4, -0.2) is 73.4 Å². The van der Waals surface area contributed by atoms with Crippen LogP contribution in [0.15, 0.2) is 54.6 Å². The Morgan fingerprint density at radius 3 is 1.80 bits per heavy atom. The first-order valence-corrected chi connectivity index (χ1v) is 17.5. The first-order valence-electron chi connectivity index (χ1n) is 17.5. The van der Waals surface area contributed by atoms with E-state index in [0.29, 0.717) is 63.5 Å². The Hall–Kier alpha value is -7.11. The first-order chi connectivity index (χ1) is 26.3. The summed E-state index contributed by atoms with van der Waals surface area (Å²) in [6.07, 6.45) is 3.46. The minimum atomic E-state index is -1.03. The molecule has 0 bridgehead atoms. The Bertz CT molecular complexity index is 2540. The van der Waals surface area contributed by atoms with Gasteiger partial charge in [-0.25, -0.2) is 9.97 Å². The zero-order valence-corrected chi connectivity index (χ0v) is 30.7. The fourth-order valence-electron chi connectivity index (χ4n) is 6.40. The van der Waals surface area contributed by atoms with E-state index in [-0.39, 0.29) is 49.0 Å². The summed E-state index contributed by atoms with van der Waals surface area (Å²) in [5, 5.41) is 24.0. The van der Waals surface area contributed by atoms with Crippen LogP contribution in [0.2, 0.25) is 0 Å². The van der Waals surface area contributed by atoms with E-state index in [1.807, 2.05) is 26.0 Å². The number of hydrogen-bond acceptors (Lipinski definition) is 9. The van der Waals surface area contributed by atoms with Crippen LogP contribution in [0.25, 0.3) is 22.1 Å². The number of rotatable bonds is 15. The molecule has 0 aliphatic rings. The molecule has 0 radical (unpaired) electrons. The maximum absolute atomic E-state index is 13.6. The molecule has 0 aliphatic carbocycles. The van der Waals surface area contributed by atoms with Gasteiger partial charge in [0, 0.05) is 43.7 Å². The van der Waals surface area contributed by atoms with Gasteiger partial charge in [0.05, 0.1) is 33.5 Å². The number of amides is 4. The molecule has 0 saturated carbocycles. The van der Waals surface area contributed by atoms with Crippen LogP contribution < -0.4 is 22.1 Å². The van der Waals surface area contributed by atoms with Gasteiger partial charge in [-0.2, -0.15) is 10.2 Å². The summed E-state index contributed by atoms with van der Waals surface area (Å²) in [7, 11) is 0. The second kappa shape index (κ2) is 15.5. The van der Waals surface area contributed by atoms with Crippen molar-refractivity contribution in [2.75, 3.05) is 10.6 Å². The van der Waals surface area contributed by atoms with Gasteiger partial charge in [0.15, 0.2) is 0 Å². The first kappa shape index (κ1) is 37.6. The molecule has 0 unspecified atom stereocenters. The molecule has 6 aromatic rings. The zero-order chi connectivity index (χ0) is 39.6. The topological polar surface area (TPSA) is 253 Å². The average molecular weight is 749 g/mol. The Kier molecular flexibility index (Phi) is 10.6. The molecule has 4 amide bonds. The van der Waals surface area contributed by atoms with Crippen molar-refractivity contribution >= 4 is 63.6 Å². The Labute approximate surface area is 313 Å². The maximum Gasteiger partial charge on any atom is 0.303 e. The molecule has 4 aromatic heterocycles. The number of carbonyl (C=O) groups excluding carboxylic acids is 4. The summed E-state index contributed by atoms with van der Waals surface area (Å²) in [6, 6.07) is 11.2. The molecule has 0 saturated heterocycles. The van der Waals surface area contributed by atoms with Gasteiger partial charge in [-0.05, 0) is 82.1 Å². The van der Waals surface area contributed by atoms with Gasteiger partial charge in [0.1, 0.15) is 11.4 Å².